The summed E-state index contributed by atoms with van der Waals surface area (Å²) >= 11 is 7.23. The van der Waals surface area contributed by atoms with Crippen molar-refractivity contribution in [3.63, 3.8) is 0 Å². The van der Waals surface area contributed by atoms with Crippen LogP contribution in [0.15, 0.2) is 58.2 Å². The molecule has 3 aromatic rings. The molecule has 0 fully saturated rings. The van der Waals surface area contributed by atoms with Crippen molar-refractivity contribution in [2.24, 2.45) is 0 Å². The number of carbonyl (C=O) groups excluding carboxylic acids is 1. The Morgan fingerprint density at radius 3 is 2.76 bits per heavy atom. The van der Waals surface area contributed by atoms with Gasteiger partial charge in [0.05, 0.1) is 10.8 Å². The Hall–Kier alpha value is -2.51. The highest BCUT2D eigenvalue weighted by Crippen LogP contribution is 2.27. The van der Waals surface area contributed by atoms with E-state index in [0.29, 0.717) is 27.8 Å². The van der Waals surface area contributed by atoms with E-state index in [4.69, 9.17) is 20.8 Å². The molecule has 3 rings (SSSR count). The standard InChI is InChI=1S/C21H22ClN3O3S/c1-3-14(2)15-8-4-6-10-17(15)23-19(26)13-29-21-25-24-20(28-21)12-27-18-11-7-5-9-16(18)22/h4-11,14H,3,12-13H2,1-2H3,(H,23,26). The first-order chi connectivity index (χ1) is 14.1. The molecule has 0 saturated carbocycles. The van der Waals surface area contributed by atoms with Crippen LogP contribution in [0.5, 0.6) is 5.75 Å². The molecule has 1 atom stereocenters. The van der Waals surface area contributed by atoms with E-state index in [1.807, 2.05) is 36.4 Å². The lowest BCUT2D eigenvalue weighted by molar-refractivity contribution is -0.113. The number of nitrogens with one attached hydrogen (secondary N) is 1. The molecule has 0 spiro atoms. The maximum Gasteiger partial charge on any atom is 0.277 e. The van der Waals surface area contributed by atoms with E-state index in [1.54, 1.807) is 12.1 Å². The molecule has 1 aromatic heterocycles. The zero-order chi connectivity index (χ0) is 20.6. The summed E-state index contributed by atoms with van der Waals surface area (Å²) in [7, 11) is 0. The molecule has 0 aliphatic heterocycles. The second kappa shape index (κ2) is 10.3. The number of benzene rings is 2. The summed E-state index contributed by atoms with van der Waals surface area (Å²) in [6.45, 7) is 4.37. The van der Waals surface area contributed by atoms with Gasteiger partial charge in [-0.15, -0.1) is 10.2 Å². The maximum absolute atomic E-state index is 12.3. The number of para-hydroxylation sites is 2. The quantitative estimate of drug-likeness (QED) is 0.448. The van der Waals surface area contributed by atoms with Crippen LogP contribution in [0.1, 0.15) is 37.6 Å². The van der Waals surface area contributed by atoms with Crippen LogP contribution in [-0.4, -0.2) is 21.9 Å². The van der Waals surface area contributed by atoms with E-state index in [-0.39, 0.29) is 18.3 Å². The van der Waals surface area contributed by atoms with E-state index in [1.165, 1.54) is 11.8 Å². The van der Waals surface area contributed by atoms with Gasteiger partial charge in [-0.2, -0.15) is 0 Å². The molecule has 0 bridgehead atoms. The van der Waals surface area contributed by atoms with Crippen LogP contribution < -0.4 is 10.1 Å². The molecule has 8 heteroatoms. The van der Waals surface area contributed by atoms with Crippen LogP contribution in [0.3, 0.4) is 0 Å². The molecule has 1 heterocycles. The lowest BCUT2D eigenvalue weighted by Crippen LogP contribution is -2.15. The summed E-state index contributed by atoms with van der Waals surface area (Å²) in [4.78, 5) is 12.3. The van der Waals surface area contributed by atoms with Crippen molar-refractivity contribution >= 4 is 35.0 Å². The number of hydrogen-bond acceptors (Lipinski definition) is 6. The normalized spacial score (nSPS) is 11.8. The molecule has 1 amide bonds. The van der Waals surface area contributed by atoms with Gasteiger partial charge in [0.15, 0.2) is 6.61 Å². The molecule has 6 nitrogen and oxygen atoms in total. The largest absolute Gasteiger partial charge is 0.482 e. The SMILES string of the molecule is CCC(C)c1ccccc1NC(=O)CSc1nnc(COc2ccccc2Cl)o1. The topological polar surface area (TPSA) is 77.2 Å². The van der Waals surface area contributed by atoms with Crippen LogP contribution >= 0.6 is 23.4 Å². The van der Waals surface area contributed by atoms with E-state index in [0.717, 1.165) is 17.7 Å². The Balaban J connectivity index is 1.51. The number of carbonyl (C=O) groups is 1. The van der Waals surface area contributed by atoms with Crippen LogP contribution in [0.25, 0.3) is 0 Å². The molecule has 2 aromatic carbocycles. The predicted octanol–water partition coefficient (Wildman–Crippen LogP) is 5.55. The fourth-order valence-electron chi connectivity index (χ4n) is 2.63. The lowest BCUT2D eigenvalue weighted by atomic mass is 9.97. The van der Waals surface area contributed by atoms with Crippen LogP contribution in [0.2, 0.25) is 5.02 Å². The summed E-state index contributed by atoms with van der Waals surface area (Å²) in [6, 6.07) is 15.0. The second-order valence-corrected chi connectivity index (χ2v) is 7.75. The third-order valence-electron chi connectivity index (χ3n) is 4.34. The van der Waals surface area contributed by atoms with Gasteiger partial charge in [0.2, 0.25) is 5.91 Å². The van der Waals surface area contributed by atoms with Crippen molar-refractivity contribution in [1.29, 1.82) is 0 Å². The van der Waals surface area contributed by atoms with E-state index >= 15 is 0 Å². The zero-order valence-electron chi connectivity index (χ0n) is 16.2. The van der Waals surface area contributed by atoms with Crippen molar-refractivity contribution in [2.75, 3.05) is 11.1 Å². The summed E-state index contributed by atoms with van der Waals surface area (Å²) in [6.07, 6.45) is 1.00. The second-order valence-electron chi connectivity index (χ2n) is 6.41. The van der Waals surface area contributed by atoms with E-state index < -0.39 is 0 Å². The van der Waals surface area contributed by atoms with Crippen molar-refractivity contribution in [1.82, 2.24) is 10.2 Å². The van der Waals surface area contributed by atoms with Crippen LogP contribution in [-0.2, 0) is 11.4 Å². The average molecular weight is 432 g/mol. The van der Waals surface area contributed by atoms with Gasteiger partial charge in [-0.05, 0) is 36.1 Å². The van der Waals surface area contributed by atoms with Gasteiger partial charge >= 0.3 is 0 Å². The fraction of sp³-hybridized carbons (Fsp3) is 0.286. The first-order valence-electron chi connectivity index (χ1n) is 9.28. The van der Waals surface area contributed by atoms with Gasteiger partial charge in [-0.1, -0.05) is 67.5 Å². The Morgan fingerprint density at radius 2 is 1.97 bits per heavy atom. The summed E-state index contributed by atoms with van der Waals surface area (Å²) < 4.78 is 11.1. The minimum absolute atomic E-state index is 0.103. The lowest BCUT2D eigenvalue weighted by Gasteiger charge is -2.15. The molecule has 0 aliphatic rings. The van der Waals surface area contributed by atoms with Crippen molar-refractivity contribution < 1.29 is 13.9 Å². The highest BCUT2D eigenvalue weighted by atomic mass is 35.5. The number of amides is 1. The van der Waals surface area contributed by atoms with Crippen LogP contribution in [0, 0.1) is 0 Å². The first-order valence-corrected chi connectivity index (χ1v) is 10.6. The van der Waals surface area contributed by atoms with Gasteiger partial charge in [0.25, 0.3) is 11.1 Å². The van der Waals surface area contributed by atoms with E-state index in [2.05, 4.69) is 29.4 Å². The van der Waals surface area contributed by atoms with Gasteiger partial charge < -0.3 is 14.5 Å². The van der Waals surface area contributed by atoms with Crippen LogP contribution in [0.4, 0.5) is 5.69 Å². The Labute approximate surface area is 179 Å². The third kappa shape index (κ3) is 5.98. The zero-order valence-corrected chi connectivity index (χ0v) is 17.8. The maximum atomic E-state index is 12.3. The number of nitrogens with zero attached hydrogens (tertiary/aromatic N) is 2. The summed E-state index contributed by atoms with van der Waals surface area (Å²) in [5.74, 6) is 1.27. The van der Waals surface area contributed by atoms with Gasteiger partial charge in [-0.25, -0.2) is 0 Å². The number of rotatable bonds is 9. The molecule has 1 N–H and O–H groups in total. The number of anilines is 1. The summed E-state index contributed by atoms with van der Waals surface area (Å²) in [5.41, 5.74) is 1.97. The van der Waals surface area contributed by atoms with Gasteiger partial charge in [-0.3, -0.25) is 4.79 Å². The number of thioether (sulfide) groups is 1. The minimum Gasteiger partial charge on any atom is -0.482 e. The molecule has 1 unspecified atom stereocenters. The number of hydrogen-bond donors (Lipinski definition) is 1. The molecule has 152 valence electrons. The van der Waals surface area contributed by atoms with Crippen molar-refractivity contribution in [2.45, 2.75) is 38.0 Å². The highest BCUT2D eigenvalue weighted by Gasteiger charge is 2.14. The minimum atomic E-state index is -0.127. The predicted molar refractivity (Wildman–Crippen MR) is 115 cm³/mol. The monoisotopic (exact) mass is 431 g/mol. The Bertz CT molecular complexity index is 964. The van der Waals surface area contributed by atoms with Crippen molar-refractivity contribution in [3.8, 4) is 5.75 Å². The highest BCUT2D eigenvalue weighted by molar-refractivity contribution is 7.99. The molecule has 29 heavy (non-hydrogen) atoms. The van der Waals surface area contributed by atoms with Gasteiger partial charge in [0.1, 0.15) is 5.75 Å². The molecular weight excluding hydrogens is 410 g/mol. The molecule has 0 saturated heterocycles. The van der Waals surface area contributed by atoms with E-state index in [9.17, 15) is 4.79 Å². The Morgan fingerprint density at radius 1 is 1.21 bits per heavy atom. The van der Waals surface area contributed by atoms with Crippen molar-refractivity contribution in [3.05, 3.63) is 65.0 Å². The fourth-order valence-corrected chi connectivity index (χ4v) is 3.40. The number of aromatic nitrogens is 2. The Kier molecular flexibility index (Phi) is 7.55. The smallest absolute Gasteiger partial charge is 0.277 e. The first kappa shape index (κ1) is 21.2. The molecule has 0 aliphatic carbocycles. The average Bonchev–Trinajstić information content (AvgIpc) is 3.19. The summed E-state index contributed by atoms with van der Waals surface area (Å²) in [5, 5.41) is 11.7. The number of halogens is 1. The van der Waals surface area contributed by atoms with Gasteiger partial charge in [0, 0.05) is 5.69 Å². The number of ether oxygens (including phenoxy) is 1. The molecule has 0 radical (unpaired) electrons. The third-order valence-corrected chi connectivity index (χ3v) is 5.47. The molecular formula is C21H22ClN3O3S.